The van der Waals surface area contributed by atoms with Crippen LogP contribution in [0.5, 0.6) is 0 Å². The first-order chi connectivity index (χ1) is 9.54. The van der Waals surface area contributed by atoms with Gasteiger partial charge in [-0.25, -0.2) is 8.42 Å². The topological polar surface area (TPSA) is 72.6 Å². The summed E-state index contributed by atoms with van der Waals surface area (Å²) in [5.74, 6) is 0. The van der Waals surface area contributed by atoms with Gasteiger partial charge in [0.15, 0.2) is 0 Å². The summed E-state index contributed by atoms with van der Waals surface area (Å²) in [4.78, 5) is 0.374. The molecule has 1 fully saturated rings. The molecule has 0 unspecified atom stereocenters. The molecule has 1 heterocycles. The van der Waals surface area contributed by atoms with E-state index in [-0.39, 0.29) is 6.10 Å². The van der Waals surface area contributed by atoms with Crippen LogP contribution in [0.25, 0.3) is 0 Å². The molecule has 20 heavy (non-hydrogen) atoms. The molecule has 112 valence electrons. The highest BCUT2D eigenvalue weighted by Crippen LogP contribution is 2.22. The number of nitrogens with two attached hydrogens (primary N) is 1. The Kier molecular flexibility index (Phi) is 5.15. The second kappa shape index (κ2) is 6.67. The Morgan fingerprint density at radius 3 is 2.65 bits per heavy atom. The Labute approximate surface area is 120 Å². The maximum Gasteiger partial charge on any atom is 0.243 e. The van der Waals surface area contributed by atoms with E-state index in [4.69, 9.17) is 10.5 Å². The van der Waals surface area contributed by atoms with E-state index in [1.165, 1.54) is 0 Å². The van der Waals surface area contributed by atoms with Crippen LogP contribution in [-0.4, -0.2) is 45.1 Å². The zero-order valence-electron chi connectivity index (χ0n) is 11.8. The molecule has 0 aliphatic carbocycles. The number of hydrogen-bond acceptors (Lipinski definition) is 4. The highest BCUT2D eigenvalue weighted by Gasteiger charge is 2.29. The van der Waals surface area contributed by atoms with Gasteiger partial charge in [-0.2, -0.15) is 4.31 Å². The molecule has 5 nitrogen and oxygen atoms in total. The first kappa shape index (κ1) is 15.4. The number of piperidine rings is 1. The van der Waals surface area contributed by atoms with Gasteiger partial charge >= 0.3 is 0 Å². The second-order valence-corrected chi connectivity index (χ2v) is 7.02. The Morgan fingerprint density at radius 1 is 1.35 bits per heavy atom. The van der Waals surface area contributed by atoms with Crippen LogP contribution in [0.4, 0.5) is 0 Å². The van der Waals surface area contributed by atoms with Crippen molar-refractivity contribution >= 4 is 10.0 Å². The summed E-state index contributed by atoms with van der Waals surface area (Å²) in [7, 11) is -3.38. The Bertz CT molecular complexity index is 537. The number of sulfonamides is 1. The molecule has 6 heteroatoms. The SMILES string of the molecule is Cc1cccc(S(=O)(=O)N2CCC(OCCN)CC2)c1. The molecule has 1 aromatic carbocycles. The fourth-order valence-corrected chi connectivity index (χ4v) is 3.97. The third-order valence-electron chi connectivity index (χ3n) is 3.50. The van der Waals surface area contributed by atoms with Crippen LogP contribution in [0.3, 0.4) is 0 Å². The van der Waals surface area contributed by atoms with Crippen LogP contribution in [0, 0.1) is 6.92 Å². The summed E-state index contributed by atoms with van der Waals surface area (Å²) < 4.78 is 32.2. The van der Waals surface area contributed by atoms with E-state index >= 15 is 0 Å². The molecule has 1 aliphatic heterocycles. The minimum Gasteiger partial charge on any atom is -0.377 e. The van der Waals surface area contributed by atoms with Crippen molar-refractivity contribution in [2.24, 2.45) is 5.73 Å². The van der Waals surface area contributed by atoms with Crippen LogP contribution in [-0.2, 0) is 14.8 Å². The molecule has 0 amide bonds. The highest BCUT2D eigenvalue weighted by atomic mass is 32.2. The van der Waals surface area contributed by atoms with E-state index in [9.17, 15) is 8.42 Å². The van der Waals surface area contributed by atoms with Crippen molar-refractivity contribution in [1.82, 2.24) is 4.31 Å². The monoisotopic (exact) mass is 298 g/mol. The number of ether oxygens (including phenoxy) is 1. The van der Waals surface area contributed by atoms with Crippen molar-refractivity contribution in [3.8, 4) is 0 Å². The maximum absolute atomic E-state index is 12.5. The summed E-state index contributed by atoms with van der Waals surface area (Å²) >= 11 is 0. The third kappa shape index (κ3) is 3.58. The van der Waals surface area contributed by atoms with Gasteiger partial charge in [-0.15, -0.1) is 0 Å². The van der Waals surface area contributed by atoms with Crippen LogP contribution in [0.15, 0.2) is 29.2 Å². The number of aryl methyl sites for hydroxylation is 1. The van der Waals surface area contributed by atoms with Crippen molar-refractivity contribution < 1.29 is 13.2 Å². The number of benzene rings is 1. The summed E-state index contributed by atoms with van der Waals surface area (Å²) in [6, 6.07) is 7.04. The fraction of sp³-hybridized carbons (Fsp3) is 0.571. The van der Waals surface area contributed by atoms with E-state index in [2.05, 4.69) is 0 Å². The van der Waals surface area contributed by atoms with Gasteiger partial charge in [0.25, 0.3) is 0 Å². The van der Waals surface area contributed by atoms with E-state index in [1.54, 1.807) is 22.5 Å². The van der Waals surface area contributed by atoms with Crippen LogP contribution in [0.2, 0.25) is 0 Å². The van der Waals surface area contributed by atoms with Crippen molar-refractivity contribution in [3.05, 3.63) is 29.8 Å². The van der Waals surface area contributed by atoms with Gasteiger partial charge in [0.2, 0.25) is 10.0 Å². The first-order valence-electron chi connectivity index (χ1n) is 6.92. The van der Waals surface area contributed by atoms with Gasteiger partial charge in [0.05, 0.1) is 17.6 Å². The molecule has 0 atom stereocenters. The van der Waals surface area contributed by atoms with Gasteiger partial charge in [0.1, 0.15) is 0 Å². The van der Waals surface area contributed by atoms with Crippen molar-refractivity contribution in [3.63, 3.8) is 0 Å². The molecule has 0 bridgehead atoms. The smallest absolute Gasteiger partial charge is 0.243 e. The average molecular weight is 298 g/mol. The predicted molar refractivity (Wildman–Crippen MR) is 78.0 cm³/mol. The van der Waals surface area contributed by atoms with E-state index in [0.29, 0.717) is 31.1 Å². The zero-order chi connectivity index (χ0) is 14.6. The van der Waals surface area contributed by atoms with Crippen LogP contribution >= 0.6 is 0 Å². The van der Waals surface area contributed by atoms with Crippen molar-refractivity contribution in [2.75, 3.05) is 26.2 Å². The van der Waals surface area contributed by atoms with Gasteiger partial charge < -0.3 is 10.5 Å². The molecule has 1 aromatic rings. The lowest BCUT2D eigenvalue weighted by atomic mass is 10.1. The highest BCUT2D eigenvalue weighted by molar-refractivity contribution is 7.89. The number of rotatable bonds is 5. The largest absolute Gasteiger partial charge is 0.377 e. The first-order valence-corrected chi connectivity index (χ1v) is 8.36. The summed E-state index contributed by atoms with van der Waals surface area (Å²) in [5, 5.41) is 0. The third-order valence-corrected chi connectivity index (χ3v) is 5.39. The Balaban J connectivity index is 2.02. The summed E-state index contributed by atoms with van der Waals surface area (Å²) in [6.45, 7) is 3.94. The molecule has 0 spiro atoms. The van der Waals surface area contributed by atoms with Crippen LogP contribution < -0.4 is 5.73 Å². The van der Waals surface area contributed by atoms with E-state index in [0.717, 1.165) is 18.4 Å². The lowest BCUT2D eigenvalue weighted by molar-refractivity contribution is 0.0257. The number of nitrogens with zero attached hydrogens (tertiary/aromatic N) is 1. The van der Waals surface area contributed by atoms with E-state index in [1.807, 2.05) is 13.0 Å². The maximum atomic E-state index is 12.5. The van der Waals surface area contributed by atoms with Crippen molar-refractivity contribution in [2.45, 2.75) is 30.8 Å². The zero-order valence-corrected chi connectivity index (χ0v) is 12.6. The molecule has 1 aliphatic rings. The van der Waals surface area contributed by atoms with Crippen molar-refractivity contribution in [1.29, 1.82) is 0 Å². The number of hydrogen-bond donors (Lipinski definition) is 1. The summed E-state index contributed by atoms with van der Waals surface area (Å²) in [5.41, 5.74) is 6.35. The molecule has 0 aromatic heterocycles. The lowest BCUT2D eigenvalue weighted by Gasteiger charge is -2.31. The minimum atomic E-state index is -3.38. The second-order valence-electron chi connectivity index (χ2n) is 5.08. The standard InChI is InChI=1S/C14H22N2O3S/c1-12-3-2-4-14(11-12)20(17,18)16-8-5-13(6-9-16)19-10-7-15/h2-4,11,13H,5-10,15H2,1H3. The van der Waals surface area contributed by atoms with Gasteiger partial charge in [-0.1, -0.05) is 12.1 Å². The molecular weight excluding hydrogens is 276 g/mol. The van der Waals surface area contributed by atoms with Crippen LogP contribution in [0.1, 0.15) is 18.4 Å². The molecular formula is C14H22N2O3S. The quantitative estimate of drug-likeness (QED) is 0.884. The minimum absolute atomic E-state index is 0.127. The van der Waals surface area contributed by atoms with Gasteiger partial charge in [0, 0.05) is 19.6 Å². The Hall–Kier alpha value is -0.950. The molecule has 2 N–H and O–H groups in total. The lowest BCUT2D eigenvalue weighted by Crippen LogP contribution is -2.41. The van der Waals surface area contributed by atoms with Gasteiger partial charge in [-0.3, -0.25) is 0 Å². The van der Waals surface area contributed by atoms with Gasteiger partial charge in [-0.05, 0) is 37.5 Å². The molecule has 2 rings (SSSR count). The normalized spacial score (nSPS) is 18.3. The predicted octanol–water partition coefficient (Wildman–Crippen LogP) is 1.12. The molecule has 0 radical (unpaired) electrons. The van der Waals surface area contributed by atoms with E-state index < -0.39 is 10.0 Å². The Morgan fingerprint density at radius 2 is 2.05 bits per heavy atom. The average Bonchev–Trinajstić information content (AvgIpc) is 2.45. The molecule has 0 saturated carbocycles. The fourth-order valence-electron chi connectivity index (χ4n) is 2.40. The summed E-state index contributed by atoms with van der Waals surface area (Å²) in [6.07, 6.45) is 1.58. The molecule has 1 saturated heterocycles.